The second-order valence-electron chi connectivity index (χ2n) is 7.83. The number of fused-ring (bicyclic) bond motifs is 1. The summed E-state index contributed by atoms with van der Waals surface area (Å²) in [6, 6.07) is 11.7. The Morgan fingerprint density at radius 2 is 2.03 bits per heavy atom. The standard InChI is InChI=1S/C24H27IN4O3/c1-3-10-26-23(30)16-5-7-22-21(13-16)29-24(32-22)17-4-6-19(20(14-17)27-15(2)25)28-18-8-11-31-12-9-18/h4-7,13-14,18,28H,3,8-12H2,1-2H3,(H,26,30). The van der Waals surface area contributed by atoms with E-state index in [0.29, 0.717) is 35.1 Å². The van der Waals surface area contributed by atoms with Crippen molar-refractivity contribution >= 4 is 54.7 Å². The summed E-state index contributed by atoms with van der Waals surface area (Å²) in [6.07, 6.45) is 2.85. The van der Waals surface area contributed by atoms with Crippen molar-refractivity contribution < 1.29 is 13.9 Å². The minimum Gasteiger partial charge on any atom is -0.436 e. The summed E-state index contributed by atoms with van der Waals surface area (Å²) in [7, 11) is 0. The van der Waals surface area contributed by atoms with E-state index >= 15 is 0 Å². The molecule has 1 aliphatic heterocycles. The molecule has 0 saturated carbocycles. The topological polar surface area (TPSA) is 88.8 Å². The monoisotopic (exact) mass is 546 g/mol. The van der Waals surface area contributed by atoms with Gasteiger partial charge in [-0.3, -0.25) is 4.79 Å². The van der Waals surface area contributed by atoms with Crippen molar-refractivity contribution in [3.05, 3.63) is 42.0 Å². The minimum atomic E-state index is -0.101. The van der Waals surface area contributed by atoms with Gasteiger partial charge in [0.1, 0.15) is 5.52 Å². The van der Waals surface area contributed by atoms with Crippen LogP contribution in [0.2, 0.25) is 0 Å². The Morgan fingerprint density at radius 1 is 1.22 bits per heavy atom. The average Bonchev–Trinajstić information content (AvgIpc) is 3.22. The summed E-state index contributed by atoms with van der Waals surface area (Å²) in [4.78, 5) is 21.6. The SMILES string of the molecule is CCCNC(=O)c1ccc2oc(-c3ccc(NC4CCOCC4)c(N=C(C)I)c3)nc2c1. The molecular weight excluding hydrogens is 519 g/mol. The number of hydrogen-bond donors (Lipinski definition) is 2. The third kappa shape index (κ3) is 5.47. The molecule has 2 heterocycles. The molecule has 32 heavy (non-hydrogen) atoms. The van der Waals surface area contributed by atoms with Crippen LogP contribution >= 0.6 is 22.6 Å². The van der Waals surface area contributed by atoms with Crippen LogP contribution in [0.5, 0.6) is 0 Å². The van der Waals surface area contributed by atoms with Crippen LogP contribution in [-0.2, 0) is 4.74 Å². The number of aromatic nitrogens is 1. The number of amides is 1. The van der Waals surface area contributed by atoms with Crippen LogP contribution in [0.1, 0.15) is 43.5 Å². The highest BCUT2D eigenvalue weighted by molar-refractivity contribution is 14.1. The van der Waals surface area contributed by atoms with Gasteiger partial charge in [-0.15, -0.1) is 0 Å². The van der Waals surface area contributed by atoms with E-state index in [1.165, 1.54) is 0 Å². The summed E-state index contributed by atoms with van der Waals surface area (Å²) >= 11 is 2.22. The van der Waals surface area contributed by atoms with E-state index in [2.05, 4.69) is 38.2 Å². The summed E-state index contributed by atoms with van der Waals surface area (Å²) in [5, 5.41) is 6.50. The minimum absolute atomic E-state index is 0.101. The van der Waals surface area contributed by atoms with Crippen molar-refractivity contribution in [2.24, 2.45) is 4.99 Å². The molecule has 1 aliphatic rings. The number of carbonyl (C=O) groups is 1. The van der Waals surface area contributed by atoms with E-state index in [1.54, 1.807) is 18.2 Å². The number of carbonyl (C=O) groups excluding carboxylic acids is 1. The maximum absolute atomic E-state index is 12.3. The third-order valence-corrected chi connectivity index (χ3v) is 5.53. The first-order valence-corrected chi connectivity index (χ1v) is 12.0. The Labute approximate surface area is 201 Å². The fourth-order valence-corrected chi connectivity index (χ4v) is 3.90. The Balaban J connectivity index is 1.63. The van der Waals surface area contributed by atoms with Crippen molar-refractivity contribution in [2.75, 3.05) is 25.1 Å². The first-order chi connectivity index (χ1) is 15.5. The third-order valence-electron chi connectivity index (χ3n) is 5.29. The molecule has 2 N–H and O–H groups in total. The van der Waals surface area contributed by atoms with Crippen LogP contribution < -0.4 is 10.6 Å². The van der Waals surface area contributed by atoms with Crippen molar-refractivity contribution in [1.82, 2.24) is 10.3 Å². The van der Waals surface area contributed by atoms with E-state index in [1.807, 2.05) is 32.0 Å². The van der Waals surface area contributed by atoms with Crippen LogP contribution in [-0.4, -0.2) is 40.4 Å². The predicted molar refractivity (Wildman–Crippen MR) is 136 cm³/mol. The molecule has 1 amide bonds. The Bertz CT molecular complexity index is 1130. The van der Waals surface area contributed by atoms with Crippen LogP contribution in [0.4, 0.5) is 11.4 Å². The fourth-order valence-electron chi connectivity index (χ4n) is 3.64. The number of ether oxygens (including phenoxy) is 1. The lowest BCUT2D eigenvalue weighted by molar-refractivity contribution is 0.0904. The number of hydrogen-bond acceptors (Lipinski definition) is 6. The number of nitrogens with zero attached hydrogens (tertiary/aromatic N) is 2. The van der Waals surface area contributed by atoms with Gasteiger partial charge in [-0.1, -0.05) is 6.92 Å². The summed E-state index contributed by atoms with van der Waals surface area (Å²) in [6.45, 7) is 6.20. The van der Waals surface area contributed by atoms with Crippen LogP contribution in [0.3, 0.4) is 0 Å². The lowest BCUT2D eigenvalue weighted by atomic mass is 10.1. The zero-order valence-corrected chi connectivity index (χ0v) is 20.4. The van der Waals surface area contributed by atoms with Gasteiger partial charge in [0.15, 0.2) is 5.58 Å². The van der Waals surface area contributed by atoms with E-state index in [0.717, 1.165) is 53.1 Å². The smallest absolute Gasteiger partial charge is 0.251 e. The van der Waals surface area contributed by atoms with Gasteiger partial charge >= 0.3 is 0 Å². The van der Waals surface area contributed by atoms with E-state index in [-0.39, 0.29) is 5.91 Å². The summed E-state index contributed by atoms with van der Waals surface area (Å²) in [5.74, 6) is 0.405. The molecular formula is C24H27IN4O3. The molecule has 3 aromatic rings. The maximum atomic E-state index is 12.3. The summed E-state index contributed by atoms with van der Waals surface area (Å²) in [5.41, 5.74) is 4.56. The molecule has 2 aromatic carbocycles. The number of rotatable bonds is 7. The van der Waals surface area contributed by atoms with Crippen molar-refractivity contribution in [3.63, 3.8) is 0 Å². The maximum Gasteiger partial charge on any atom is 0.251 e. The van der Waals surface area contributed by atoms with E-state index in [9.17, 15) is 4.79 Å². The van der Waals surface area contributed by atoms with Gasteiger partial charge in [0.2, 0.25) is 5.89 Å². The molecule has 1 fully saturated rings. The van der Waals surface area contributed by atoms with E-state index in [4.69, 9.17) is 14.1 Å². The zero-order chi connectivity index (χ0) is 22.5. The molecule has 0 unspecified atom stereocenters. The number of benzene rings is 2. The highest BCUT2D eigenvalue weighted by Gasteiger charge is 2.17. The predicted octanol–water partition coefficient (Wildman–Crippen LogP) is 5.71. The lowest BCUT2D eigenvalue weighted by Crippen LogP contribution is -2.27. The molecule has 1 aromatic heterocycles. The lowest BCUT2D eigenvalue weighted by Gasteiger charge is -2.25. The van der Waals surface area contributed by atoms with Gasteiger partial charge < -0.3 is 19.8 Å². The number of anilines is 1. The molecule has 0 atom stereocenters. The van der Waals surface area contributed by atoms with Gasteiger partial charge in [-0.25, -0.2) is 9.98 Å². The van der Waals surface area contributed by atoms with Crippen LogP contribution in [0.15, 0.2) is 45.8 Å². The highest BCUT2D eigenvalue weighted by Crippen LogP contribution is 2.34. The molecule has 0 spiro atoms. The fraction of sp³-hybridized carbons (Fsp3) is 0.375. The van der Waals surface area contributed by atoms with Gasteiger partial charge in [0, 0.05) is 36.9 Å². The second kappa shape index (κ2) is 10.4. The Morgan fingerprint density at radius 3 is 2.78 bits per heavy atom. The quantitative estimate of drug-likeness (QED) is 0.293. The number of oxazole rings is 1. The molecule has 4 rings (SSSR count). The normalized spacial score (nSPS) is 15.2. The van der Waals surface area contributed by atoms with Gasteiger partial charge in [-0.2, -0.15) is 0 Å². The van der Waals surface area contributed by atoms with Gasteiger partial charge in [-0.05, 0) is 85.2 Å². The van der Waals surface area contributed by atoms with E-state index < -0.39 is 0 Å². The van der Waals surface area contributed by atoms with Crippen molar-refractivity contribution in [3.8, 4) is 11.5 Å². The molecule has 168 valence electrons. The van der Waals surface area contributed by atoms with Gasteiger partial charge in [0.05, 0.1) is 15.1 Å². The van der Waals surface area contributed by atoms with Crippen molar-refractivity contribution in [2.45, 2.75) is 39.2 Å². The van der Waals surface area contributed by atoms with Gasteiger partial charge in [0.25, 0.3) is 5.91 Å². The number of halogens is 1. The molecule has 7 nitrogen and oxygen atoms in total. The molecule has 1 saturated heterocycles. The number of nitrogens with one attached hydrogen (secondary N) is 2. The largest absolute Gasteiger partial charge is 0.436 e. The molecule has 0 bridgehead atoms. The molecule has 8 heteroatoms. The molecule has 0 aliphatic carbocycles. The Kier molecular flexibility index (Phi) is 7.41. The average molecular weight is 546 g/mol. The van der Waals surface area contributed by atoms with Crippen LogP contribution in [0, 0.1) is 0 Å². The first-order valence-electron chi connectivity index (χ1n) is 10.9. The summed E-state index contributed by atoms with van der Waals surface area (Å²) < 4.78 is 12.4. The highest BCUT2D eigenvalue weighted by atomic mass is 127. The van der Waals surface area contributed by atoms with Crippen LogP contribution in [0.25, 0.3) is 22.6 Å². The van der Waals surface area contributed by atoms with Crippen molar-refractivity contribution in [1.29, 1.82) is 0 Å². The Hall–Kier alpha value is -2.46. The first kappa shape index (κ1) is 22.7. The zero-order valence-electron chi connectivity index (χ0n) is 18.3. The second-order valence-corrected chi connectivity index (χ2v) is 9.39. The molecule has 0 radical (unpaired) electrons. The number of aliphatic imine (C=N–C) groups is 1.